The average molecular weight is 194 g/mol. The molecule has 4 nitrogen and oxygen atoms in total. The third-order valence-corrected chi connectivity index (χ3v) is 2.84. The third-order valence-electron chi connectivity index (χ3n) is 2.84. The fourth-order valence-electron chi connectivity index (χ4n) is 1.93. The molecule has 0 spiro atoms. The second-order valence-corrected chi connectivity index (χ2v) is 3.86. The molecule has 1 aliphatic rings. The molecule has 1 N–H and O–H groups in total. The summed E-state index contributed by atoms with van der Waals surface area (Å²) >= 11 is 0. The van der Waals surface area contributed by atoms with Gasteiger partial charge in [0.25, 0.3) is 5.91 Å². The molecule has 0 aromatic carbocycles. The van der Waals surface area contributed by atoms with Crippen LogP contribution >= 0.6 is 0 Å². The average Bonchev–Trinajstić information content (AvgIpc) is 2.77. The molecule has 0 radical (unpaired) electrons. The van der Waals surface area contributed by atoms with Crippen molar-refractivity contribution < 1.29 is 9.32 Å². The minimum absolute atomic E-state index is 0.152. The van der Waals surface area contributed by atoms with Gasteiger partial charge in [-0.25, -0.2) is 0 Å². The van der Waals surface area contributed by atoms with E-state index >= 15 is 0 Å². The molecule has 1 amide bonds. The maximum atomic E-state index is 11.6. The lowest BCUT2D eigenvalue weighted by Gasteiger charge is -2.15. The van der Waals surface area contributed by atoms with Gasteiger partial charge >= 0.3 is 0 Å². The van der Waals surface area contributed by atoms with Gasteiger partial charge in [0.05, 0.1) is 6.20 Å². The highest BCUT2D eigenvalue weighted by Crippen LogP contribution is 2.24. The van der Waals surface area contributed by atoms with Crippen molar-refractivity contribution in [1.29, 1.82) is 0 Å². The first-order chi connectivity index (χ1) is 6.77. The van der Waals surface area contributed by atoms with Gasteiger partial charge in [-0.15, -0.1) is 0 Å². The van der Waals surface area contributed by atoms with Gasteiger partial charge in [-0.1, -0.05) is 18.5 Å². The van der Waals surface area contributed by atoms with E-state index in [2.05, 4.69) is 17.4 Å². The molecule has 2 atom stereocenters. The predicted octanol–water partition coefficient (Wildman–Crippen LogP) is 1.59. The minimum atomic E-state index is -0.152. The zero-order chi connectivity index (χ0) is 9.97. The van der Waals surface area contributed by atoms with Crippen molar-refractivity contribution in [2.45, 2.75) is 32.2 Å². The van der Waals surface area contributed by atoms with Crippen LogP contribution < -0.4 is 5.32 Å². The van der Waals surface area contributed by atoms with Crippen molar-refractivity contribution in [2.75, 3.05) is 0 Å². The highest BCUT2D eigenvalue weighted by molar-refractivity contribution is 5.91. The smallest absolute Gasteiger partial charge is 0.290 e. The summed E-state index contributed by atoms with van der Waals surface area (Å²) in [5.41, 5.74) is 0. The summed E-state index contributed by atoms with van der Waals surface area (Å²) < 4.78 is 4.78. The van der Waals surface area contributed by atoms with E-state index in [0.29, 0.717) is 17.7 Å². The monoisotopic (exact) mass is 194 g/mol. The zero-order valence-electron chi connectivity index (χ0n) is 8.19. The van der Waals surface area contributed by atoms with E-state index in [9.17, 15) is 4.79 Å². The van der Waals surface area contributed by atoms with Crippen LogP contribution in [0.5, 0.6) is 0 Å². The molecule has 1 fully saturated rings. The van der Waals surface area contributed by atoms with Crippen molar-refractivity contribution in [3.63, 3.8) is 0 Å². The molecule has 0 bridgehead atoms. The molecule has 1 heterocycles. The van der Waals surface area contributed by atoms with E-state index in [1.165, 1.54) is 19.0 Å². The summed E-state index contributed by atoms with van der Waals surface area (Å²) in [7, 11) is 0. The Morgan fingerprint density at radius 3 is 3.07 bits per heavy atom. The molecule has 0 saturated heterocycles. The number of nitrogens with zero attached hydrogens (tertiary/aromatic N) is 1. The number of carbonyl (C=O) groups is 1. The Morgan fingerprint density at radius 2 is 2.50 bits per heavy atom. The number of nitrogens with one attached hydrogen (secondary N) is 1. The molecule has 1 aliphatic carbocycles. The lowest BCUT2D eigenvalue weighted by atomic mass is 10.1. The predicted molar refractivity (Wildman–Crippen MR) is 50.8 cm³/mol. The Bertz CT molecular complexity index is 308. The Labute approximate surface area is 82.7 Å². The molecule has 2 rings (SSSR count). The van der Waals surface area contributed by atoms with Crippen LogP contribution in [0, 0.1) is 5.92 Å². The first-order valence-corrected chi connectivity index (χ1v) is 4.99. The van der Waals surface area contributed by atoms with Gasteiger partial charge in [-0.3, -0.25) is 4.79 Å². The summed E-state index contributed by atoms with van der Waals surface area (Å²) in [5, 5.41) is 6.46. The van der Waals surface area contributed by atoms with Crippen LogP contribution in [-0.2, 0) is 0 Å². The summed E-state index contributed by atoms with van der Waals surface area (Å²) in [5.74, 6) is 0.715. The van der Waals surface area contributed by atoms with E-state index in [4.69, 9.17) is 4.52 Å². The van der Waals surface area contributed by atoms with Crippen LogP contribution in [0.3, 0.4) is 0 Å². The first kappa shape index (κ1) is 9.24. The van der Waals surface area contributed by atoms with Crippen molar-refractivity contribution in [1.82, 2.24) is 10.5 Å². The molecular formula is C10H14N2O2. The van der Waals surface area contributed by atoms with Crippen LogP contribution in [0.4, 0.5) is 0 Å². The first-order valence-electron chi connectivity index (χ1n) is 4.99. The fourth-order valence-corrected chi connectivity index (χ4v) is 1.93. The number of hydrogen-bond acceptors (Lipinski definition) is 3. The Morgan fingerprint density at radius 1 is 1.64 bits per heavy atom. The van der Waals surface area contributed by atoms with Gasteiger partial charge in [0, 0.05) is 12.1 Å². The fraction of sp³-hybridized carbons (Fsp3) is 0.600. The van der Waals surface area contributed by atoms with E-state index in [1.807, 2.05) is 0 Å². The highest BCUT2D eigenvalue weighted by atomic mass is 16.5. The van der Waals surface area contributed by atoms with Crippen molar-refractivity contribution in [3.05, 3.63) is 18.0 Å². The summed E-state index contributed by atoms with van der Waals surface area (Å²) in [6.07, 6.45) is 4.94. The van der Waals surface area contributed by atoms with Gasteiger partial charge in [0.1, 0.15) is 0 Å². The minimum Gasteiger partial charge on any atom is -0.351 e. The van der Waals surface area contributed by atoms with Crippen molar-refractivity contribution in [2.24, 2.45) is 5.92 Å². The lowest BCUT2D eigenvalue weighted by molar-refractivity contribution is 0.0892. The Balaban J connectivity index is 1.95. The number of rotatable bonds is 2. The van der Waals surface area contributed by atoms with Gasteiger partial charge in [0.15, 0.2) is 0 Å². The summed E-state index contributed by atoms with van der Waals surface area (Å²) in [6.45, 7) is 2.17. The Kier molecular flexibility index (Phi) is 2.52. The molecule has 4 heteroatoms. The maximum absolute atomic E-state index is 11.6. The lowest BCUT2D eigenvalue weighted by Crippen LogP contribution is -2.36. The standard InChI is InChI=1S/C10H14N2O2/c1-7-3-2-4-8(7)12-10(13)9-5-6-11-14-9/h5-8H,2-4H2,1H3,(H,12,13)/t7-,8-/m0/s1. The molecule has 0 aliphatic heterocycles. The molecule has 76 valence electrons. The molecular weight excluding hydrogens is 180 g/mol. The third kappa shape index (κ3) is 1.78. The number of hydrogen-bond donors (Lipinski definition) is 1. The van der Waals surface area contributed by atoms with Crippen LogP contribution in [0.1, 0.15) is 36.7 Å². The van der Waals surface area contributed by atoms with Gasteiger partial charge < -0.3 is 9.84 Å². The van der Waals surface area contributed by atoms with Gasteiger partial charge in [-0.2, -0.15) is 0 Å². The molecule has 0 unspecified atom stereocenters. The Hall–Kier alpha value is -1.32. The molecule has 1 aromatic rings. The van der Waals surface area contributed by atoms with E-state index in [0.717, 1.165) is 6.42 Å². The van der Waals surface area contributed by atoms with Gasteiger partial charge in [-0.05, 0) is 18.8 Å². The second kappa shape index (κ2) is 3.82. The van der Waals surface area contributed by atoms with Crippen LogP contribution in [0.15, 0.2) is 16.8 Å². The molecule has 1 saturated carbocycles. The topological polar surface area (TPSA) is 55.1 Å². The van der Waals surface area contributed by atoms with Crippen molar-refractivity contribution >= 4 is 5.91 Å². The van der Waals surface area contributed by atoms with Crippen LogP contribution in [-0.4, -0.2) is 17.1 Å². The largest absolute Gasteiger partial charge is 0.351 e. The van der Waals surface area contributed by atoms with Gasteiger partial charge in [0.2, 0.25) is 5.76 Å². The molecule has 14 heavy (non-hydrogen) atoms. The quantitative estimate of drug-likeness (QED) is 0.777. The number of amides is 1. The highest BCUT2D eigenvalue weighted by Gasteiger charge is 2.25. The normalized spacial score (nSPS) is 26.4. The zero-order valence-corrected chi connectivity index (χ0v) is 8.19. The number of carbonyl (C=O) groups excluding carboxylic acids is 1. The van der Waals surface area contributed by atoms with E-state index in [1.54, 1.807) is 6.07 Å². The summed E-state index contributed by atoms with van der Waals surface area (Å²) in [4.78, 5) is 11.6. The van der Waals surface area contributed by atoms with Crippen LogP contribution in [0.25, 0.3) is 0 Å². The summed E-state index contributed by atoms with van der Waals surface area (Å²) in [6, 6.07) is 1.88. The maximum Gasteiger partial charge on any atom is 0.290 e. The van der Waals surface area contributed by atoms with E-state index in [-0.39, 0.29) is 5.91 Å². The van der Waals surface area contributed by atoms with Crippen LogP contribution in [0.2, 0.25) is 0 Å². The number of aromatic nitrogens is 1. The second-order valence-electron chi connectivity index (χ2n) is 3.86. The molecule has 1 aromatic heterocycles. The van der Waals surface area contributed by atoms with Crippen molar-refractivity contribution in [3.8, 4) is 0 Å². The van der Waals surface area contributed by atoms with E-state index < -0.39 is 0 Å². The SMILES string of the molecule is C[C@H]1CCC[C@@H]1NC(=O)c1ccno1.